The summed E-state index contributed by atoms with van der Waals surface area (Å²) in [5.74, 6) is 0. The molecule has 0 atom stereocenters. The van der Waals surface area contributed by atoms with Gasteiger partial charge in [0.2, 0.25) is 0 Å². The maximum absolute atomic E-state index is 12.4. The van der Waals surface area contributed by atoms with Gasteiger partial charge >= 0.3 is 6.03 Å². The Morgan fingerprint density at radius 1 is 1.04 bits per heavy atom. The lowest BCUT2D eigenvalue weighted by atomic mass is 10.2. The van der Waals surface area contributed by atoms with Crippen LogP contribution in [0.1, 0.15) is 5.56 Å². The third kappa shape index (κ3) is 3.44. The predicted octanol–water partition coefficient (Wildman–Crippen LogP) is 3.96. The van der Waals surface area contributed by atoms with Gasteiger partial charge in [-0.3, -0.25) is 0 Å². The summed E-state index contributed by atoms with van der Waals surface area (Å²) >= 11 is 1.71. The van der Waals surface area contributed by atoms with Crippen LogP contribution in [0.5, 0.6) is 0 Å². The second-order valence-corrected chi connectivity index (χ2v) is 7.24. The number of nitrogens with one attached hydrogen (secondary N) is 1. The smallest absolute Gasteiger partial charge is 0.321 e. The molecule has 4 rings (SSSR count). The summed E-state index contributed by atoms with van der Waals surface area (Å²) in [4.78, 5) is 21.3. The van der Waals surface area contributed by atoms with Crippen LogP contribution < -0.4 is 10.2 Å². The average Bonchev–Trinajstić information content (AvgIpc) is 3.08. The van der Waals surface area contributed by atoms with Gasteiger partial charge in [-0.25, -0.2) is 9.78 Å². The number of piperazine rings is 1. The lowest BCUT2D eigenvalue weighted by Gasteiger charge is -2.34. The third-order valence-corrected chi connectivity index (χ3v) is 5.52. The minimum Gasteiger partial charge on any atom is -0.345 e. The Hall–Kier alpha value is -2.60. The van der Waals surface area contributed by atoms with Crippen molar-refractivity contribution in [1.29, 1.82) is 0 Å². The molecule has 1 aliphatic rings. The van der Waals surface area contributed by atoms with Crippen LogP contribution in [0, 0.1) is 6.92 Å². The summed E-state index contributed by atoms with van der Waals surface area (Å²) in [6.45, 7) is 5.05. The molecule has 1 aliphatic heterocycles. The van der Waals surface area contributed by atoms with Gasteiger partial charge in [0.15, 0.2) is 5.13 Å². The maximum Gasteiger partial charge on any atom is 0.321 e. The van der Waals surface area contributed by atoms with Crippen LogP contribution in [0.25, 0.3) is 10.2 Å². The number of urea groups is 1. The molecule has 1 aromatic heterocycles. The summed E-state index contributed by atoms with van der Waals surface area (Å²) < 4.78 is 1.21. The first kappa shape index (κ1) is 15.9. The second kappa shape index (κ2) is 6.72. The first-order valence-electron chi connectivity index (χ1n) is 8.42. The number of aryl methyl sites for hydroxylation is 1. The molecular formula is C19H20N4OS. The van der Waals surface area contributed by atoms with Crippen molar-refractivity contribution in [3.63, 3.8) is 0 Å². The molecule has 5 nitrogen and oxygen atoms in total. The van der Waals surface area contributed by atoms with Crippen LogP contribution in [0.2, 0.25) is 0 Å². The molecule has 1 fully saturated rings. The van der Waals surface area contributed by atoms with Crippen LogP contribution in [-0.2, 0) is 0 Å². The van der Waals surface area contributed by atoms with E-state index in [1.807, 2.05) is 54.3 Å². The Morgan fingerprint density at radius 3 is 2.48 bits per heavy atom. The fourth-order valence-corrected chi connectivity index (χ4v) is 3.95. The second-order valence-electron chi connectivity index (χ2n) is 6.23. The first-order chi connectivity index (χ1) is 12.2. The van der Waals surface area contributed by atoms with Gasteiger partial charge in [-0.05, 0) is 31.2 Å². The maximum atomic E-state index is 12.4. The number of hydrogen-bond acceptors (Lipinski definition) is 4. The van der Waals surface area contributed by atoms with E-state index in [1.165, 1.54) is 10.3 Å². The predicted molar refractivity (Wildman–Crippen MR) is 104 cm³/mol. The monoisotopic (exact) mass is 352 g/mol. The van der Waals surface area contributed by atoms with Crippen molar-refractivity contribution in [1.82, 2.24) is 9.88 Å². The van der Waals surface area contributed by atoms with Crippen molar-refractivity contribution in [2.75, 3.05) is 36.4 Å². The molecule has 6 heteroatoms. The Balaban J connectivity index is 1.37. The molecule has 0 bridgehead atoms. The first-order valence-corrected chi connectivity index (χ1v) is 9.24. The van der Waals surface area contributed by atoms with E-state index >= 15 is 0 Å². The third-order valence-electron chi connectivity index (χ3n) is 4.42. The molecule has 0 spiro atoms. The number of rotatable bonds is 2. The van der Waals surface area contributed by atoms with Gasteiger partial charge in [-0.1, -0.05) is 41.2 Å². The van der Waals surface area contributed by atoms with E-state index in [2.05, 4.69) is 16.3 Å². The van der Waals surface area contributed by atoms with Crippen LogP contribution >= 0.6 is 11.3 Å². The number of anilines is 2. The summed E-state index contributed by atoms with van der Waals surface area (Å²) in [6, 6.07) is 16.0. The molecule has 128 valence electrons. The van der Waals surface area contributed by atoms with Gasteiger partial charge in [-0.15, -0.1) is 0 Å². The Morgan fingerprint density at radius 2 is 1.76 bits per heavy atom. The Bertz CT molecular complexity index is 849. The van der Waals surface area contributed by atoms with Crippen molar-refractivity contribution >= 4 is 38.4 Å². The molecule has 0 unspecified atom stereocenters. The van der Waals surface area contributed by atoms with Crippen molar-refractivity contribution < 1.29 is 4.79 Å². The minimum atomic E-state index is -0.0344. The number of thiazole rings is 1. The highest BCUT2D eigenvalue weighted by molar-refractivity contribution is 7.22. The summed E-state index contributed by atoms with van der Waals surface area (Å²) in [7, 11) is 0. The van der Waals surface area contributed by atoms with Gasteiger partial charge < -0.3 is 15.1 Å². The number of carbonyl (C=O) groups is 1. The fraction of sp³-hybridized carbons (Fsp3) is 0.263. The van der Waals surface area contributed by atoms with Gasteiger partial charge in [-0.2, -0.15) is 0 Å². The van der Waals surface area contributed by atoms with Crippen LogP contribution in [-0.4, -0.2) is 42.1 Å². The molecule has 1 N–H and O–H groups in total. The lowest BCUT2D eigenvalue weighted by Crippen LogP contribution is -2.50. The molecule has 1 saturated heterocycles. The highest BCUT2D eigenvalue weighted by Crippen LogP contribution is 2.29. The number of amides is 2. The zero-order valence-corrected chi connectivity index (χ0v) is 14.9. The van der Waals surface area contributed by atoms with E-state index in [0.29, 0.717) is 13.1 Å². The highest BCUT2D eigenvalue weighted by Gasteiger charge is 2.23. The van der Waals surface area contributed by atoms with Gasteiger partial charge in [0, 0.05) is 31.9 Å². The van der Waals surface area contributed by atoms with Crippen molar-refractivity contribution in [2.24, 2.45) is 0 Å². The highest BCUT2D eigenvalue weighted by atomic mass is 32.1. The quantitative estimate of drug-likeness (QED) is 0.759. The van der Waals surface area contributed by atoms with Crippen LogP contribution in [0.3, 0.4) is 0 Å². The SMILES string of the molecule is Cc1ccc(NC(=O)N2CCN(c3nc4ccccc4s3)CC2)cc1. The molecule has 25 heavy (non-hydrogen) atoms. The standard InChI is InChI=1S/C19H20N4OS/c1-14-6-8-15(9-7-14)20-18(24)22-10-12-23(13-11-22)19-21-16-4-2-3-5-17(16)25-19/h2-9H,10-13H2,1H3,(H,20,24). The molecular weight excluding hydrogens is 332 g/mol. The zero-order chi connectivity index (χ0) is 17.2. The molecule has 2 aromatic carbocycles. The van der Waals surface area contributed by atoms with E-state index in [1.54, 1.807) is 11.3 Å². The summed E-state index contributed by atoms with van der Waals surface area (Å²) in [6.07, 6.45) is 0. The van der Waals surface area contributed by atoms with Crippen molar-refractivity contribution in [3.8, 4) is 0 Å². The number of nitrogens with zero attached hydrogens (tertiary/aromatic N) is 3. The van der Waals surface area contributed by atoms with E-state index < -0.39 is 0 Å². The van der Waals surface area contributed by atoms with E-state index in [0.717, 1.165) is 29.4 Å². The van der Waals surface area contributed by atoms with E-state index in [-0.39, 0.29) is 6.03 Å². The molecule has 0 saturated carbocycles. The summed E-state index contributed by atoms with van der Waals surface area (Å²) in [5.41, 5.74) is 3.06. The largest absolute Gasteiger partial charge is 0.345 e. The van der Waals surface area contributed by atoms with E-state index in [4.69, 9.17) is 4.98 Å². The lowest BCUT2D eigenvalue weighted by molar-refractivity contribution is 0.208. The Labute approximate surface area is 150 Å². The van der Waals surface area contributed by atoms with E-state index in [9.17, 15) is 4.79 Å². The molecule has 2 amide bonds. The number of fused-ring (bicyclic) bond motifs is 1. The van der Waals surface area contributed by atoms with Crippen LogP contribution in [0.15, 0.2) is 48.5 Å². The van der Waals surface area contributed by atoms with Gasteiger partial charge in [0.1, 0.15) is 0 Å². The normalized spacial score (nSPS) is 14.8. The number of benzene rings is 2. The van der Waals surface area contributed by atoms with Crippen LogP contribution in [0.4, 0.5) is 15.6 Å². The number of para-hydroxylation sites is 1. The fourth-order valence-electron chi connectivity index (χ4n) is 2.94. The van der Waals surface area contributed by atoms with Gasteiger partial charge in [0.25, 0.3) is 0 Å². The molecule has 0 aliphatic carbocycles. The average molecular weight is 352 g/mol. The molecule has 3 aromatic rings. The van der Waals surface area contributed by atoms with Crippen molar-refractivity contribution in [3.05, 3.63) is 54.1 Å². The number of hydrogen-bond donors (Lipinski definition) is 1. The minimum absolute atomic E-state index is 0.0344. The molecule has 2 heterocycles. The Kier molecular flexibility index (Phi) is 4.28. The number of aromatic nitrogens is 1. The zero-order valence-electron chi connectivity index (χ0n) is 14.1. The molecule has 0 radical (unpaired) electrons. The van der Waals surface area contributed by atoms with Gasteiger partial charge in [0.05, 0.1) is 10.2 Å². The summed E-state index contributed by atoms with van der Waals surface area (Å²) in [5, 5.41) is 4.01. The van der Waals surface area contributed by atoms with Crippen molar-refractivity contribution in [2.45, 2.75) is 6.92 Å². The number of carbonyl (C=O) groups excluding carboxylic acids is 1. The topological polar surface area (TPSA) is 48.5 Å².